The van der Waals surface area contributed by atoms with Crippen molar-refractivity contribution < 1.29 is 23.5 Å². The van der Waals surface area contributed by atoms with Crippen LogP contribution in [0, 0.1) is 0 Å². The lowest BCUT2D eigenvalue weighted by Gasteiger charge is -2.24. The molecule has 0 N–H and O–H groups in total. The van der Waals surface area contributed by atoms with E-state index in [1.165, 1.54) is 5.06 Å². The van der Waals surface area contributed by atoms with E-state index in [2.05, 4.69) is 0 Å². The van der Waals surface area contributed by atoms with Gasteiger partial charge in [-0.2, -0.15) is 5.06 Å². The van der Waals surface area contributed by atoms with E-state index < -0.39 is 13.4 Å². The topological polar surface area (TPSA) is 65.1 Å². The summed E-state index contributed by atoms with van der Waals surface area (Å²) in [6.45, 7) is 4.26. The van der Waals surface area contributed by atoms with Gasteiger partial charge in [0.05, 0.1) is 25.0 Å². The number of carbonyl (C=O) groups is 1. The summed E-state index contributed by atoms with van der Waals surface area (Å²) in [6.07, 6.45) is 0.962. The van der Waals surface area contributed by atoms with Gasteiger partial charge in [-0.3, -0.25) is 14.2 Å². The first-order chi connectivity index (χ1) is 8.53. The van der Waals surface area contributed by atoms with Gasteiger partial charge in [-0.25, -0.2) is 0 Å². The molecule has 0 unspecified atom stereocenters. The molecule has 104 valence electrons. The molecule has 2 heterocycles. The summed E-state index contributed by atoms with van der Waals surface area (Å²) in [5.74, 6) is -0.380. The number of ether oxygens (including phenoxy) is 1. The van der Waals surface area contributed by atoms with Crippen molar-refractivity contribution in [2.45, 2.75) is 38.1 Å². The number of nitrogens with zero attached hydrogens (tertiary/aromatic N) is 1. The van der Waals surface area contributed by atoms with Gasteiger partial charge in [-0.05, 0) is 20.3 Å². The van der Waals surface area contributed by atoms with Crippen molar-refractivity contribution in [1.29, 1.82) is 0 Å². The Balaban J connectivity index is 2.23. The van der Waals surface area contributed by atoms with Gasteiger partial charge in [0, 0.05) is 13.2 Å². The van der Waals surface area contributed by atoms with Gasteiger partial charge >= 0.3 is 5.97 Å². The van der Waals surface area contributed by atoms with Crippen LogP contribution in [0.15, 0.2) is 0 Å². The quantitative estimate of drug-likeness (QED) is 0.569. The molecule has 2 aliphatic rings. The maximum absolute atomic E-state index is 12.8. The Bertz CT molecular complexity index is 368. The highest BCUT2D eigenvalue weighted by Crippen LogP contribution is 2.63. The van der Waals surface area contributed by atoms with Crippen LogP contribution in [0.25, 0.3) is 0 Å². The van der Waals surface area contributed by atoms with Gasteiger partial charge in [-0.1, -0.05) is 0 Å². The maximum atomic E-state index is 12.8. The average molecular weight is 277 g/mol. The molecule has 0 radical (unpaired) electrons. The van der Waals surface area contributed by atoms with Crippen LogP contribution in [0.2, 0.25) is 0 Å². The fraction of sp³-hybridized carbons (Fsp3) is 0.909. The Hall–Kier alpha value is -0.420. The third-order valence-corrected chi connectivity index (χ3v) is 6.55. The minimum atomic E-state index is -2.81. The zero-order valence-corrected chi connectivity index (χ0v) is 11.9. The highest BCUT2D eigenvalue weighted by atomic mass is 31.2. The van der Waals surface area contributed by atoms with Crippen LogP contribution in [0.5, 0.6) is 0 Å². The molecule has 0 bridgehead atoms. The van der Waals surface area contributed by atoms with E-state index in [0.717, 1.165) is 0 Å². The van der Waals surface area contributed by atoms with E-state index in [0.29, 0.717) is 25.8 Å². The first-order valence-electron chi connectivity index (χ1n) is 6.33. The Labute approximate surface area is 107 Å². The lowest BCUT2D eigenvalue weighted by atomic mass is 10.1. The number of hydrogen-bond acceptors (Lipinski definition) is 6. The molecule has 0 spiro atoms. The van der Waals surface area contributed by atoms with Gasteiger partial charge in [0.25, 0.3) is 0 Å². The maximum Gasteiger partial charge on any atom is 0.326 e. The van der Waals surface area contributed by atoms with E-state index >= 15 is 0 Å². The summed E-state index contributed by atoms with van der Waals surface area (Å²) in [4.78, 5) is 17.6. The molecule has 0 amide bonds. The molecule has 6 nitrogen and oxygen atoms in total. The summed E-state index contributed by atoms with van der Waals surface area (Å²) in [5, 5.41) is 1.47. The minimum Gasteiger partial charge on any atom is -0.465 e. The molecule has 4 atom stereocenters. The second-order valence-corrected chi connectivity index (χ2v) is 7.29. The third-order valence-electron chi connectivity index (χ3n) is 3.45. The number of likely N-dealkylation sites (N-methyl/N-ethyl adjacent to an activating group) is 1. The van der Waals surface area contributed by atoms with Crippen LogP contribution in [-0.4, -0.2) is 55.3 Å². The number of rotatable bonds is 4. The molecule has 2 aliphatic heterocycles. The fourth-order valence-electron chi connectivity index (χ4n) is 2.79. The highest BCUT2D eigenvalue weighted by Gasteiger charge is 2.59. The summed E-state index contributed by atoms with van der Waals surface area (Å²) in [7, 11) is -1.14. The van der Waals surface area contributed by atoms with Crippen molar-refractivity contribution in [2.24, 2.45) is 0 Å². The molecule has 0 aromatic carbocycles. The first-order valence-corrected chi connectivity index (χ1v) is 8.21. The van der Waals surface area contributed by atoms with Crippen LogP contribution in [0.4, 0.5) is 0 Å². The Morgan fingerprint density at radius 1 is 1.44 bits per heavy atom. The van der Waals surface area contributed by atoms with Crippen molar-refractivity contribution in [2.75, 3.05) is 26.4 Å². The molecule has 2 rings (SSSR count). The minimum absolute atomic E-state index is 0.193. The number of fused-ring (bicyclic) bond motifs is 1. The number of carbonyl (C=O) groups excluding carboxylic acids is 1. The second-order valence-electron chi connectivity index (χ2n) is 4.53. The van der Waals surface area contributed by atoms with Crippen molar-refractivity contribution in [3.8, 4) is 0 Å². The first kappa shape index (κ1) is 14.0. The summed E-state index contributed by atoms with van der Waals surface area (Å²) in [5.41, 5.74) is -0.388. The molecule has 7 heteroatoms. The van der Waals surface area contributed by atoms with Crippen molar-refractivity contribution >= 4 is 13.3 Å². The molecular formula is C11H20NO5P. The van der Waals surface area contributed by atoms with E-state index in [9.17, 15) is 9.36 Å². The number of hydrogen-bond donors (Lipinski definition) is 0. The number of esters is 1. The van der Waals surface area contributed by atoms with Gasteiger partial charge in [-0.15, -0.1) is 0 Å². The molecule has 0 aliphatic carbocycles. The molecule has 2 fully saturated rings. The molecule has 0 saturated carbocycles. The van der Waals surface area contributed by atoms with Crippen molar-refractivity contribution in [3.63, 3.8) is 0 Å². The SMILES string of the molecule is CCOC(=O)[C@H]1[C@H]2[C@H](CC[P@]2(=O)OCC)ON1C. The Morgan fingerprint density at radius 2 is 2.17 bits per heavy atom. The van der Waals surface area contributed by atoms with Crippen molar-refractivity contribution in [3.05, 3.63) is 0 Å². The molecular weight excluding hydrogens is 257 g/mol. The summed E-state index contributed by atoms with van der Waals surface area (Å²) < 4.78 is 23.2. The van der Waals surface area contributed by atoms with E-state index in [4.69, 9.17) is 14.1 Å². The highest BCUT2D eigenvalue weighted by molar-refractivity contribution is 7.60. The molecule has 0 aromatic heterocycles. The van der Waals surface area contributed by atoms with Crippen molar-refractivity contribution in [1.82, 2.24) is 5.06 Å². The molecule has 18 heavy (non-hydrogen) atoms. The normalized spacial score (nSPS) is 39.8. The molecule has 0 aromatic rings. The predicted molar refractivity (Wildman–Crippen MR) is 65.6 cm³/mol. The number of hydroxylamine groups is 2. The van der Waals surface area contributed by atoms with Gasteiger partial charge in [0.1, 0.15) is 6.04 Å². The van der Waals surface area contributed by atoms with Gasteiger partial charge in [0.2, 0.25) is 7.37 Å². The molecule has 2 saturated heterocycles. The van der Waals surface area contributed by atoms with Gasteiger partial charge in [0.15, 0.2) is 0 Å². The standard InChI is InChI=1S/C11H20NO5P/c1-4-15-11(13)9-10-8(17-12(9)3)6-7-18(10,14)16-5-2/h8-10H,4-7H2,1-3H3/t8-,9+,10+,18-/m0/s1. The zero-order chi connectivity index (χ0) is 13.3. The Kier molecular flexibility index (Phi) is 4.11. The van der Waals surface area contributed by atoms with E-state index in [-0.39, 0.29) is 17.7 Å². The Morgan fingerprint density at radius 3 is 2.78 bits per heavy atom. The predicted octanol–water partition coefficient (Wildman–Crippen LogP) is 1.25. The zero-order valence-electron chi connectivity index (χ0n) is 11.0. The van der Waals surface area contributed by atoms with Crippen LogP contribution < -0.4 is 0 Å². The van der Waals surface area contributed by atoms with Crippen LogP contribution in [0.3, 0.4) is 0 Å². The third kappa shape index (κ3) is 2.23. The lowest BCUT2D eigenvalue weighted by Crippen LogP contribution is -2.41. The van der Waals surface area contributed by atoms with Crippen LogP contribution in [-0.2, 0) is 23.5 Å². The van der Waals surface area contributed by atoms with Gasteiger partial charge < -0.3 is 9.26 Å². The van der Waals surface area contributed by atoms with E-state index in [1.807, 2.05) is 6.92 Å². The fourth-order valence-corrected chi connectivity index (χ4v) is 5.89. The van der Waals surface area contributed by atoms with Crippen LogP contribution in [0.1, 0.15) is 20.3 Å². The summed E-state index contributed by atoms with van der Waals surface area (Å²) >= 11 is 0. The van der Waals surface area contributed by atoms with Crippen LogP contribution >= 0.6 is 7.37 Å². The lowest BCUT2D eigenvalue weighted by molar-refractivity contribution is -0.171. The second kappa shape index (κ2) is 5.29. The largest absolute Gasteiger partial charge is 0.465 e. The summed E-state index contributed by atoms with van der Waals surface area (Å²) in [6, 6.07) is -0.616. The monoisotopic (exact) mass is 277 g/mol. The smallest absolute Gasteiger partial charge is 0.326 e. The van der Waals surface area contributed by atoms with E-state index in [1.54, 1.807) is 14.0 Å². The average Bonchev–Trinajstić information content (AvgIpc) is 2.78.